The van der Waals surface area contributed by atoms with Gasteiger partial charge >= 0.3 is 0 Å². The van der Waals surface area contributed by atoms with Crippen molar-refractivity contribution in [1.82, 2.24) is 5.32 Å². The summed E-state index contributed by atoms with van der Waals surface area (Å²) in [7, 11) is 0. The molecule has 2 aliphatic heterocycles. The second-order valence-corrected chi connectivity index (χ2v) is 2.82. The Morgan fingerprint density at radius 1 is 1.75 bits per heavy atom. The van der Waals surface area contributed by atoms with E-state index in [0.717, 1.165) is 6.42 Å². The lowest BCUT2D eigenvalue weighted by Crippen LogP contribution is -2.34. The maximum Gasteiger partial charge on any atom is 0.223 e. The molecule has 2 bridgehead atoms. The molecular formula is C6H9NO. The molecule has 8 heavy (non-hydrogen) atoms. The summed E-state index contributed by atoms with van der Waals surface area (Å²) in [5, 5.41) is 2.90. The summed E-state index contributed by atoms with van der Waals surface area (Å²) in [5.41, 5.74) is 0. The number of amides is 1. The molecule has 2 nitrogen and oxygen atoms in total. The van der Waals surface area contributed by atoms with Gasteiger partial charge in [0.1, 0.15) is 0 Å². The molecule has 1 amide bonds. The average Bonchev–Trinajstić information content (AvgIpc) is 2.19. The fraction of sp³-hybridized carbons (Fsp3) is 0.833. The van der Waals surface area contributed by atoms with E-state index in [1.165, 1.54) is 0 Å². The third-order valence-corrected chi connectivity index (χ3v) is 2.44. The third kappa shape index (κ3) is 0.288. The first-order valence-electron chi connectivity index (χ1n) is 3.09. The predicted octanol–water partition coefficient (Wildman–Crippen LogP) is 0.141. The van der Waals surface area contributed by atoms with Crippen molar-refractivity contribution in [1.29, 1.82) is 0 Å². The van der Waals surface area contributed by atoms with Crippen molar-refractivity contribution in [2.75, 3.05) is 0 Å². The lowest BCUT2D eigenvalue weighted by Gasteiger charge is -2.28. The number of fused-ring (bicyclic) bond motifs is 1. The highest BCUT2D eigenvalue weighted by Gasteiger charge is 2.49. The van der Waals surface area contributed by atoms with Crippen LogP contribution < -0.4 is 5.32 Å². The minimum atomic E-state index is 0.280. The smallest absolute Gasteiger partial charge is 0.223 e. The van der Waals surface area contributed by atoms with Gasteiger partial charge in [0.15, 0.2) is 0 Å². The van der Waals surface area contributed by atoms with Crippen LogP contribution in [0.15, 0.2) is 0 Å². The first kappa shape index (κ1) is 4.36. The van der Waals surface area contributed by atoms with Crippen molar-refractivity contribution in [3.05, 3.63) is 0 Å². The topological polar surface area (TPSA) is 29.1 Å². The van der Waals surface area contributed by atoms with E-state index in [9.17, 15) is 4.79 Å². The van der Waals surface area contributed by atoms with Crippen molar-refractivity contribution in [3.8, 4) is 0 Å². The number of nitrogens with one attached hydrogen (secondary N) is 1. The molecule has 3 rings (SSSR count). The normalized spacial score (nSPS) is 50.6. The average molecular weight is 111 g/mol. The molecule has 1 aliphatic carbocycles. The van der Waals surface area contributed by atoms with Gasteiger partial charge < -0.3 is 5.32 Å². The summed E-state index contributed by atoms with van der Waals surface area (Å²) >= 11 is 0. The van der Waals surface area contributed by atoms with Crippen molar-refractivity contribution >= 4 is 5.91 Å². The molecule has 44 valence electrons. The Labute approximate surface area is 48.3 Å². The summed E-state index contributed by atoms with van der Waals surface area (Å²) in [6.07, 6.45) is 1.10. The van der Waals surface area contributed by atoms with Gasteiger partial charge in [0.25, 0.3) is 0 Å². The van der Waals surface area contributed by atoms with Crippen LogP contribution in [0.25, 0.3) is 0 Å². The fourth-order valence-electron chi connectivity index (χ4n) is 1.61. The molecule has 0 spiro atoms. The standard InChI is InChI=1S/C6H9NO/c1-3-4-2-5(3)7-6(4)8/h3-5H,2H2,1H3,(H,7,8)/t3?,4-,5+/m0/s1. The van der Waals surface area contributed by atoms with Gasteiger partial charge in [0, 0.05) is 12.0 Å². The zero-order valence-corrected chi connectivity index (χ0v) is 4.85. The Morgan fingerprint density at radius 3 is 2.62 bits per heavy atom. The predicted molar refractivity (Wildman–Crippen MR) is 29.2 cm³/mol. The van der Waals surface area contributed by atoms with Crippen LogP contribution in [0, 0.1) is 11.8 Å². The summed E-state index contributed by atoms with van der Waals surface area (Å²) in [5.74, 6) is 1.28. The van der Waals surface area contributed by atoms with E-state index in [1.807, 2.05) is 0 Å². The minimum Gasteiger partial charge on any atom is -0.353 e. The van der Waals surface area contributed by atoms with Crippen molar-refractivity contribution in [2.24, 2.45) is 11.8 Å². The van der Waals surface area contributed by atoms with Crippen LogP contribution in [0.1, 0.15) is 13.3 Å². The van der Waals surface area contributed by atoms with Crippen LogP contribution in [-0.2, 0) is 4.79 Å². The number of hydrogen-bond donors (Lipinski definition) is 1. The molecule has 3 fully saturated rings. The Hall–Kier alpha value is -0.530. The number of carbonyl (C=O) groups excluding carboxylic acids is 1. The van der Waals surface area contributed by atoms with Crippen LogP contribution in [-0.4, -0.2) is 11.9 Å². The highest BCUT2D eigenvalue weighted by molar-refractivity contribution is 5.84. The molecule has 2 heteroatoms. The second kappa shape index (κ2) is 1.07. The Morgan fingerprint density at radius 2 is 2.50 bits per heavy atom. The largest absolute Gasteiger partial charge is 0.353 e. The number of carbonyl (C=O) groups is 1. The van der Waals surface area contributed by atoms with Gasteiger partial charge in [-0.3, -0.25) is 4.79 Å². The van der Waals surface area contributed by atoms with Crippen LogP contribution in [0.2, 0.25) is 0 Å². The van der Waals surface area contributed by atoms with E-state index in [0.29, 0.717) is 17.9 Å². The molecule has 0 aromatic carbocycles. The van der Waals surface area contributed by atoms with E-state index < -0.39 is 0 Å². The molecule has 1 saturated carbocycles. The highest BCUT2D eigenvalue weighted by Crippen LogP contribution is 2.40. The van der Waals surface area contributed by atoms with Crippen LogP contribution in [0.3, 0.4) is 0 Å². The van der Waals surface area contributed by atoms with E-state index in [-0.39, 0.29) is 5.91 Å². The van der Waals surface area contributed by atoms with Crippen LogP contribution >= 0.6 is 0 Å². The Bertz CT molecular complexity index is 143. The summed E-state index contributed by atoms with van der Waals surface area (Å²) in [6.45, 7) is 2.14. The molecule has 0 aromatic heterocycles. The first-order chi connectivity index (χ1) is 3.79. The van der Waals surface area contributed by atoms with Gasteiger partial charge in [0.05, 0.1) is 0 Å². The molecule has 1 unspecified atom stereocenters. The summed E-state index contributed by atoms with van der Waals surface area (Å²) < 4.78 is 0. The second-order valence-electron chi connectivity index (χ2n) is 2.82. The Balaban J connectivity index is 2.24. The zero-order chi connectivity index (χ0) is 5.72. The van der Waals surface area contributed by atoms with Crippen LogP contribution in [0.4, 0.5) is 0 Å². The summed E-state index contributed by atoms with van der Waals surface area (Å²) in [4.78, 5) is 10.7. The van der Waals surface area contributed by atoms with Gasteiger partial charge in [-0.1, -0.05) is 6.92 Å². The van der Waals surface area contributed by atoms with Gasteiger partial charge in [-0.25, -0.2) is 0 Å². The lowest BCUT2D eigenvalue weighted by atomic mass is 9.75. The Kier molecular flexibility index (Phi) is 0.581. The molecule has 3 atom stereocenters. The van der Waals surface area contributed by atoms with E-state index in [1.54, 1.807) is 0 Å². The zero-order valence-electron chi connectivity index (χ0n) is 4.85. The molecule has 1 N–H and O–H groups in total. The number of rotatable bonds is 0. The molecule has 2 heterocycles. The fourth-order valence-corrected chi connectivity index (χ4v) is 1.61. The number of hydrogen-bond acceptors (Lipinski definition) is 1. The SMILES string of the molecule is CC1[C@@H]2C[C@H]1NC2=O. The maximum absolute atomic E-state index is 10.7. The molecule has 0 aromatic rings. The lowest BCUT2D eigenvalue weighted by molar-refractivity contribution is -0.122. The molecule has 3 aliphatic rings. The van der Waals surface area contributed by atoms with Crippen molar-refractivity contribution < 1.29 is 4.79 Å². The molecular weight excluding hydrogens is 102 g/mol. The van der Waals surface area contributed by atoms with Crippen LogP contribution in [0.5, 0.6) is 0 Å². The highest BCUT2D eigenvalue weighted by atomic mass is 16.2. The third-order valence-electron chi connectivity index (χ3n) is 2.44. The molecule has 2 saturated heterocycles. The minimum absolute atomic E-state index is 0.280. The van der Waals surface area contributed by atoms with Gasteiger partial charge in [0.2, 0.25) is 5.91 Å². The molecule has 0 radical (unpaired) electrons. The van der Waals surface area contributed by atoms with E-state index in [4.69, 9.17) is 0 Å². The van der Waals surface area contributed by atoms with E-state index in [2.05, 4.69) is 12.2 Å². The first-order valence-corrected chi connectivity index (χ1v) is 3.09. The quantitative estimate of drug-likeness (QED) is 0.473. The maximum atomic E-state index is 10.7. The monoisotopic (exact) mass is 111 g/mol. The van der Waals surface area contributed by atoms with E-state index >= 15 is 0 Å². The van der Waals surface area contributed by atoms with Gasteiger partial charge in [-0.05, 0) is 12.3 Å². The van der Waals surface area contributed by atoms with Crippen molar-refractivity contribution in [3.63, 3.8) is 0 Å². The summed E-state index contributed by atoms with van der Waals surface area (Å²) in [6, 6.07) is 0.535. The van der Waals surface area contributed by atoms with Crippen molar-refractivity contribution in [2.45, 2.75) is 19.4 Å². The van der Waals surface area contributed by atoms with Gasteiger partial charge in [-0.2, -0.15) is 0 Å². The van der Waals surface area contributed by atoms with Gasteiger partial charge in [-0.15, -0.1) is 0 Å².